The molecule has 2 aliphatic carbocycles. The fourth-order valence-corrected chi connectivity index (χ4v) is 3.47. The molecule has 3 heteroatoms. The van der Waals surface area contributed by atoms with E-state index in [0.29, 0.717) is 11.8 Å². The fraction of sp³-hybridized carbons (Fsp3) is 0.750. The average Bonchev–Trinajstić information content (AvgIpc) is 2.58. The summed E-state index contributed by atoms with van der Waals surface area (Å²) in [6.45, 7) is 8.52. The van der Waals surface area contributed by atoms with Crippen molar-refractivity contribution in [2.75, 3.05) is 0 Å². The molecule has 0 unspecified atom stereocenters. The first-order chi connectivity index (χ1) is 8.91. The molecule has 0 aromatic rings. The minimum atomic E-state index is -0.232. The summed E-state index contributed by atoms with van der Waals surface area (Å²) in [5, 5.41) is 0. The molecule has 1 saturated carbocycles. The van der Waals surface area contributed by atoms with Crippen molar-refractivity contribution in [1.29, 1.82) is 0 Å². The first kappa shape index (κ1) is 13.4. The van der Waals surface area contributed by atoms with Crippen LogP contribution in [0.3, 0.4) is 0 Å². The largest absolute Gasteiger partial charge is 0.490 e. The van der Waals surface area contributed by atoms with Crippen molar-refractivity contribution < 1.29 is 9.31 Å². The van der Waals surface area contributed by atoms with Gasteiger partial charge in [0.1, 0.15) is 0 Å². The van der Waals surface area contributed by atoms with Crippen LogP contribution in [0, 0.1) is 11.8 Å². The van der Waals surface area contributed by atoms with Gasteiger partial charge in [-0.05, 0) is 57.8 Å². The van der Waals surface area contributed by atoms with Gasteiger partial charge in [0.2, 0.25) is 0 Å². The predicted octanol–water partition coefficient (Wildman–Crippen LogP) is 3.92. The molecule has 2 atom stereocenters. The van der Waals surface area contributed by atoms with Crippen LogP contribution >= 0.6 is 0 Å². The Morgan fingerprint density at radius 1 is 1.05 bits per heavy atom. The summed E-state index contributed by atoms with van der Waals surface area (Å²) >= 11 is 0. The third-order valence-corrected chi connectivity index (χ3v) is 5.42. The van der Waals surface area contributed by atoms with Crippen molar-refractivity contribution in [3.63, 3.8) is 0 Å². The second kappa shape index (κ2) is 4.49. The minimum absolute atomic E-state index is 0.152. The Bertz CT molecular complexity index is 406. The first-order valence-electron chi connectivity index (χ1n) is 7.65. The van der Waals surface area contributed by atoms with Gasteiger partial charge in [-0.3, -0.25) is 0 Å². The normalized spacial score (nSPS) is 36.0. The van der Waals surface area contributed by atoms with Crippen LogP contribution in [-0.2, 0) is 9.31 Å². The maximum atomic E-state index is 6.23. The summed E-state index contributed by atoms with van der Waals surface area (Å²) in [6, 6.07) is 0. The van der Waals surface area contributed by atoms with Crippen molar-refractivity contribution >= 4 is 7.12 Å². The topological polar surface area (TPSA) is 18.5 Å². The summed E-state index contributed by atoms with van der Waals surface area (Å²) in [5.41, 5.74) is 0.902. The molecule has 0 N–H and O–H groups in total. The van der Waals surface area contributed by atoms with E-state index in [-0.39, 0.29) is 18.3 Å². The third-order valence-electron chi connectivity index (χ3n) is 5.42. The zero-order valence-electron chi connectivity index (χ0n) is 12.6. The van der Waals surface area contributed by atoms with E-state index in [4.69, 9.17) is 9.31 Å². The van der Waals surface area contributed by atoms with Gasteiger partial charge in [0.15, 0.2) is 0 Å². The monoisotopic (exact) mass is 260 g/mol. The van der Waals surface area contributed by atoms with E-state index in [1.165, 1.54) is 31.2 Å². The second-order valence-electron chi connectivity index (χ2n) is 7.19. The van der Waals surface area contributed by atoms with Crippen LogP contribution in [0.15, 0.2) is 23.7 Å². The van der Waals surface area contributed by atoms with Gasteiger partial charge in [0.05, 0.1) is 11.2 Å². The lowest BCUT2D eigenvalue weighted by molar-refractivity contribution is 0.00578. The molecule has 2 fully saturated rings. The lowest BCUT2D eigenvalue weighted by Crippen LogP contribution is -2.41. The summed E-state index contributed by atoms with van der Waals surface area (Å²) < 4.78 is 12.5. The smallest absolute Gasteiger partial charge is 0.400 e. The Labute approximate surface area is 117 Å². The molecule has 19 heavy (non-hydrogen) atoms. The summed E-state index contributed by atoms with van der Waals surface area (Å²) in [5.74, 6) is 1.33. The number of hydrogen-bond donors (Lipinski definition) is 0. The fourth-order valence-electron chi connectivity index (χ4n) is 3.47. The van der Waals surface area contributed by atoms with E-state index in [1.807, 2.05) is 0 Å². The zero-order valence-corrected chi connectivity index (χ0v) is 12.6. The molecule has 0 spiro atoms. The SMILES string of the molecule is CC1(C)OB(C2=CC=C[C@@H]3CCCC[C@H]23)OC1(C)C. The minimum Gasteiger partial charge on any atom is -0.400 e. The molecule has 3 rings (SSSR count). The highest BCUT2D eigenvalue weighted by Gasteiger charge is 2.53. The van der Waals surface area contributed by atoms with Gasteiger partial charge in [0, 0.05) is 0 Å². The second-order valence-corrected chi connectivity index (χ2v) is 7.19. The summed E-state index contributed by atoms with van der Waals surface area (Å²) in [4.78, 5) is 0. The van der Waals surface area contributed by atoms with Crippen LogP contribution in [0.5, 0.6) is 0 Å². The van der Waals surface area contributed by atoms with Gasteiger partial charge < -0.3 is 9.31 Å². The lowest BCUT2D eigenvalue weighted by atomic mass is 9.61. The predicted molar refractivity (Wildman–Crippen MR) is 78.8 cm³/mol. The molecule has 1 heterocycles. The Kier molecular flexibility index (Phi) is 3.18. The zero-order chi connectivity index (χ0) is 13.7. The number of allylic oxidation sites excluding steroid dienone is 4. The molecule has 3 aliphatic rings. The molecular weight excluding hydrogens is 235 g/mol. The molecule has 2 nitrogen and oxygen atoms in total. The van der Waals surface area contributed by atoms with Gasteiger partial charge in [-0.2, -0.15) is 0 Å². The molecule has 0 radical (unpaired) electrons. The van der Waals surface area contributed by atoms with E-state index in [2.05, 4.69) is 45.9 Å². The summed E-state index contributed by atoms with van der Waals surface area (Å²) in [7, 11) is -0.152. The Balaban J connectivity index is 1.83. The number of fused-ring (bicyclic) bond motifs is 1. The molecule has 0 aromatic heterocycles. The Morgan fingerprint density at radius 2 is 1.68 bits per heavy atom. The van der Waals surface area contributed by atoms with Crippen molar-refractivity contribution in [2.24, 2.45) is 11.8 Å². The average molecular weight is 260 g/mol. The molecule has 0 bridgehead atoms. The van der Waals surface area contributed by atoms with Crippen LogP contribution in [-0.4, -0.2) is 18.3 Å². The maximum Gasteiger partial charge on any atom is 0.490 e. The van der Waals surface area contributed by atoms with E-state index in [0.717, 1.165) is 0 Å². The van der Waals surface area contributed by atoms with E-state index in [1.54, 1.807) is 0 Å². The maximum absolute atomic E-state index is 6.23. The van der Waals surface area contributed by atoms with Gasteiger partial charge in [-0.15, -0.1) is 0 Å². The first-order valence-corrected chi connectivity index (χ1v) is 7.65. The highest BCUT2D eigenvalue weighted by atomic mass is 16.7. The van der Waals surface area contributed by atoms with Gasteiger partial charge in [-0.25, -0.2) is 0 Å². The van der Waals surface area contributed by atoms with Crippen LogP contribution in [0.4, 0.5) is 0 Å². The van der Waals surface area contributed by atoms with Crippen LogP contribution < -0.4 is 0 Å². The number of rotatable bonds is 1. The van der Waals surface area contributed by atoms with Crippen LogP contribution in [0.25, 0.3) is 0 Å². The molecule has 104 valence electrons. The molecule has 0 amide bonds. The molecule has 1 saturated heterocycles. The Hall–Kier alpha value is -0.535. The standard InChI is InChI=1S/C16H25BO2/c1-15(2)16(3,4)19-17(18-15)14-11-7-9-12-8-5-6-10-13(12)14/h7,9,11-13H,5-6,8,10H2,1-4H3/t12-,13-/m0/s1. The number of hydrogen-bond acceptors (Lipinski definition) is 2. The van der Waals surface area contributed by atoms with Gasteiger partial charge in [0.25, 0.3) is 0 Å². The molecule has 0 aromatic carbocycles. The third kappa shape index (κ3) is 2.21. The van der Waals surface area contributed by atoms with E-state index < -0.39 is 0 Å². The van der Waals surface area contributed by atoms with Crippen molar-refractivity contribution in [2.45, 2.75) is 64.6 Å². The lowest BCUT2D eigenvalue weighted by Gasteiger charge is -2.34. The summed E-state index contributed by atoms with van der Waals surface area (Å²) in [6.07, 6.45) is 12.1. The van der Waals surface area contributed by atoms with E-state index in [9.17, 15) is 0 Å². The Morgan fingerprint density at radius 3 is 2.37 bits per heavy atom. The highest BCUT2D eigenvalue weighted by molar-refractivity contribution is 6.54. The molecular formula is C16H25BO2. The van der Waals surface area contributed by atoms with Gasteiger partial charge >= 0.3 is 7.12 Å². The van der Waals surface area contributed by atoms with Crippen LogP contribution in [0.1, 0.15) is 53.4 Å². The quantitative estimate of drug-likeness (QED) is 0.665. The van der Waals surface area contributed by atoms with Crippen LogP contribution in [0.2, 0.25) is 0 Å². The van der Waals surface area contributed by atoms with Gasteiger partial charge in [-0.1, -0.05) is 31.1 Å². The van der Waals surface area contributed by atoms with Crippen molar-refractivity contribution in [1.82, 2.24) is 0 Å². The molecule has 1 aliphatic heterocycles. The van der Waals surface area contributed by atoms with E-state index >= 15 is 0 Å². The van der Waals surface area contributed by atoms with Crippen molar-refractivity contribution in [3.8, 4) is 0 Å². The highest BCUT2D eigenvalue weighted by Crippen LogP contribution is 2.45. The van der Waals surface area contributed by atoms with Crippen molar-refractivity contribution in [3.05, 3.63) is 23.7 Å².